The Labute approximate surface area is 196 Å². The SMILES string of the molecule is O=C1CN(C(=O)Cc2cn(CCCC(F)(F)F)c3nc(-c4ccc(Cl)cc4)cn3c2=O)CCN1. The van der Waals surface area contributed by atoms with E-state index in [1.165, 1.54) is 26.3 Å². The highest BCUT2D eigenvalue weighted by atomic mass is 35.5. The summed E-state index contributed by atoms with van der Waals surface area (Å²) in [5.41, 5.74) is 0.723. The zero-order valence-corrected chi connectivity index (χ0v) is 18.7. The summed E-state index contributed by atoms with van der Waals surface area (Å²) < 4.78 is 40.8. The number of hydrogen-bond donors (Lipinski definition) is 1. The molecule has 8 nitrogen and oxygen atoms in total. The molecule has 1 aliphatic rings. The predicted molar refractivity (Wildman–Crippen MR) is 118 cm³/mol. The van der Waals surface area contributed by atoms with Crippen LogP contribution in [0.4, 0.5) is 13.2 Å². The van der Waals surface area contributed by atoms with Gasteiger partial charge >= 0.3 is 6.18 Å². The Morgan fingerprint density at radius 3 is 2.56 bits per heavy atom. The van der Waals surface area contributed by atoms with Crippen LogP contribution >= 0.6 is 11.6 Å². The Bertz CT molecular complexity index is 1280. The van der Waals surface area contributed by atoms with E-state index in [9.17, 15) is 27.6 Å². The Hall–Kier alpha value is -3.34. The van der Waals surface area contributed by atoms with E-state index >= 15 is 0 Å². The number of carbonyl (C=O) groups excluding carboxylic acids is 2. The van der Waals surface area contributed by atoms with Crippen LogP contribution in [0.25, 0.3) is 17.0 Å². The second-order valence-corrected chi connectivity index (χ2v) is 8.45. The molecule has 2 aromatic heterocycles. The van der Waals surface area contributed by atoms with Gasteiger partial charge in [0.15, 0.2) is 0 Å². The van der Waals surface area contributed by atoms with Gasteiger partial charge in [0, 0.05) is 54.6 Å². The average molecular weight is 496 g/mol. The van der Waals surface area contributed by atoms with Gasteiger partial charge in [-0.3, -0.25) is 18.8 Å². The minimum absolute atomic E-state index is 0.0479. The summed E-state index contributed by atoms with van der Waals surface area (Å²) in [5, 5.41) is 3.14. The van der Waals surface area contributed by atoms with Gasteiger partial charge in [-0.05, 0) is 18.6 Å². The van der Waals surface area contributed by atoms with Crippen molar-refractivity contribution in [2.24, 2.45) is 0 Å². The Kier molecular flexibility index (Phi) is 6.65. The van der Waals surface area contributed by atoms with Crippen molar-refractivity contribution in [3.63, 3.8) is 0 Å². The number of imidazole rings is 1. The molecule has 1 aromatic carbocycles. The third kappa shape index (κ3) is 5.41. The molecule has 0 radical (unpaired) electrons. The molecule has 3 aromatic rings. The fraction of sp³-hybridized carbons (Fsp3) is 0.364. The van der Waals surface area contributed by atoms with E-state index in [4.69, 9.17) is 11.6 Å². The quantitative estimate of drug-likeness (QED) is 0.569. The number of fused-ring (bicyclic) bond motifs is 1. The number of aromatic nitrogens is 3. The van der Waals surface area contributed by atoms with E-state index in [2.05, 4.69) is 10.3 Å². The van der Waals surface area contributed by atoms with Crippen LogP contribution in [-0.2, 0) is 22.6 Å². The van der Waals surface area contributed by atoms with E-state index in [0.717, 1.165) is 0 Å². The fourth-order valence-corrected chi connectivity index (χ4v) is 3.93. The van der Waals surface area contributed by atoms with Crippen molar-refractivity contribution in [1.82, 2.24) is 24.2 Å². The molecule has 1 N–H and O–H groups in total. The molecule has 2 amide bonds. The molecule has 34 heavy (non-hydrogen) atoms. The molecule has 4 rings (SSSR count). The third-order valence-corrected chi connectivity index (χ3v) is 5.73. The summed E-state index contributed by atoms with van der Waals surface area (Å²) >= 11 is 5.93. The lowest BCUT2D eigenvalue weighted by molar-refractivity contribution is -0.137. The molecule has 1 fully saturated rings. The number of carbonyl (C=O) groups is 2. The van der Waals surface area contributed by atoms with Crippen molar-refractivity contribution in [3.8, 4) is 11.3 Å². The number of rotatable bonds is 6. The number of amides is 2. The summed E-state index contributed by atoms with van der Waals surface area (Å²) in [5.74, 6) is -0.529. The molecule has 0 saturated carbocycles. The number of piperazine rings is 1. The van der Waals surface area contributed by atoms with Crippen molar-refractivity contribution in [1.29, 1.82) is 0 Å². The van der Waals surface area contributed by atoms with Crippen molar-refractivity contribution >= 4 is 29.2 Å². The minimum atomic E-state index is -4.31. The fourth-order valence-electron chi connectivity index (χ4n) is 3.80. The normalized spacial score (nSPS) is 14.5. The van der Waals surface area contributed by atoms with Crippen LogP contribution in [0.2, 0.25) is 5.02 Å². The number of hydrogen-bond acceptors (Lipinski definition) is 4. The molecule has 1 aliphatic heterocycles. The van der Waals surface area contributed by atoms with Crippen LogP contribution in [-0.4, -0.2) is 56.5 Å². The van der Waals surface area contributed by atoms with Crippen molar-refractivity contribution in [3.05, 3.63) is 57.6 Å². The smallest absolute Gasteiger partial charge is 0.353 e. The Balaban J connectivity index is 1.70. The summed E-state index contributed by atoms with van der Waals surface area (Å²) in [6.45, 7) is 0.482. The van der Waals surface area contributed by atoms with Crippen LogP contribution in [0, 0.1) is 0 Å². The van der Waals surface area contributed by atoms with Crippen LogP contribution in [0.1, 0.15) is 18.4 Å². The van der Waals surface area contributed by atoms with E-state index in [-0.39, 0.29) is 43.2 Å². The maximum absolute atomic E-state index is 13.2. The van der Waals surface area contributed by atoms with Gasteiger partial charge in [-0.25, -0.2) is 4.98 Å². The monoisotopic (exact) mass is 495 g/mol. The van der Waals surface area contributed by atoms with E-state index in [1.54, 1.807) is 24.3 Å². The Morgan fingerprint density at radius 1 is 1.15 bits per heavy atom. The zero-order chi connectivity index (χ0) is 24.5. The molecule has 0 atom stereocenters. The number of aryl methyl sites for hydroxylation is 1. The molecule has 0 unspecified atom stereocenters. The van der Waals surface area contributed by atoms with E-state index < -0.39 is 24.1 Å². The van der Waals surface area contributed by atoms with Gasteiger partial charge in [0.2, 0.25) is 17.6 Å². The topological polar surface area (TPSA) is 88.7 Å². The van der Waals surface area contributed by atoms with Crippen molar-refractivity contribution < 1.29 is 22.8 Å². The second kappa shape index (κ2) is 9.49. The van der Waals surface area contributed by atoms with Crippen LogP contribution in [0.5, 0.6) is 0 Å². The van der Waals surface area contributed by atoms with Gasteiger partial charge in [-0.1, -0.05) is 23.7 Å². The lowest BCUT2D eigenvalue weighted by Crippen LogP contribution is -2.50. The maximum Gasteiger partial charge on any atom is 0.389 e. The Morgan fingerprint density at radius 2 is 1.88 bits per heavy atom. The predicted octanol–water partition coefficient (Wildman–Crippen LogP) is 2.66. The van der Waals surface area contributed by atoms with Crippen LogP contribution in [0.3, 0.4) is 0 Å². The maximum atomic E-state index is 13.2. The number of alkyl halides is 3. The highest BCUT2D eigenvalue weighted by Gasteiger charge is 2.27. The summed E-state index contributed by atoms with van der Waals surface area (Å²) in [6, 6.07) is 6.76. The number of nitrogens with zero attached hydrogens (tertiary/aromatic N) is 4. The van der Waals surface area contributed by atoms with Crippen molar-refractivity contribution in [2.45, 2.75) is 32.0 Å². The first-order valence-corrected chi connectivity index (χ1v) is 11.0. The third-order valence-electron chi connectivity index (χ3n) is 5.48. The lowest BCUT2D eigenvalue weighted by Gasteiger charge is -2.26. The molecular weight excluding hydrogens is 475 g/mol. The summed E-state index contributed by atoms with van der Waals surface area (Å²) in [6.07, 6.45) is -2.93. The van der Waals surface area contributed by atoms with Gasteiger partial charge in [-0.15, -0.1) is 0 Å². The van der Waals surface area contributed by atoms with E-state index in [1.807, 2.05) is 0 Å². The number of nitrogens with one attached hydrogen (secondary N) is 1. The van der Waals surface area contributed by atoms with Gasteiger partial charge in [0.1, 0.15) is 0 Å². The van der Waals surface area contributed by atoms with Crippen molar-refractivity contribution in [2.75, 3.05) is 19.6 Å². The summed E-state index contributed by atoms with van der Waals surface area (Å²) in [7, 11) is 0. The summed E-state index contributed by atoms with van der Waals surface area (Å²) in [4.78, 5) is 43.3. The largest absolute Gasteiger partial charge is 0.389 e. The first kappa shape index (κ1) is 23.8. The minimum Gasteiger partial charge on any atom is -0.353 e. The molecule has 1 saturated heterocycles. The molecule has 0 bridgehead atoms. The molecule has 0 aliphatic carbocycles. The first-order valence-electron chi connectivity index (χ1n) is 10.6. The standard InChI is InChI=1S/C22H21ClF3N5O3/c23-16-4-2-14(3-5-16)17-12-31-20(34)15(10-19(33)29-9-7-27-18(32)13-29)11-30(21(31)28-17)8-1-6-22(24,25)26/h2-5,11-12H,1,6-10,13H2,(H,27,32). The van der Waals surface area contributed by atoms with Gasteiger partial charge < -0.3 is 14.8 Å². The molecular formula is C22H21ClF3N5O3. The molecule has 180 valence electrons. The zero-order valence-electron chi connectivity index (χ0n) is 17.9. The lowest BCUT2D eigenvalue weighted by atomic mass is 10.2. The second-order valence-electron chi connectivity index (χ2n) is 8.02. The highest BCUT2D eigenvalue weighted by molar-refractivity contribution is 6.30. The molecule has 0 spiro atoms. The molecule has 12 heteroatoms. The van der Waals surface area contributed by atoms with Gasteiger partial charge in [-0.2, -0.15) is 13.2 Å². The van der Waals surface area contributed by atoms with E-state index in [0.29, 0.717) is 29.4 Å². The number of halogens is 4. The first-order chi connectivity index (χ1) is 16.1. The average Bonchev–Trinajstić information content (AvgIpc) is 3.22. The number of benzene rings is 1. The molecule has 3 heterocycles. The highest BCUT2D eigenvalue weighted by Crippen LogP contribution is 2.23. The van der Waals surface area contributed by atoms with Crippen LogP contribution in [0.15, 0.2) is 41.5 Å². The van der Waals surface area contributed by atoms with Gasteiger partial charge in [0.05, 0.1) is 18.7 Å². The van der Waals surface area contributed by atoms with Crippen LogP contribution < -0.4 is 10.9 Å². The van der Waals surface area contributed by atoms with Gasteiger partial charge in [0.25, 0.3) is 5.56 Å².